The van der Waals surface area contributed by atoms with Crippen molar-refractivity contribution in [1.82, 2.24) is 14.9 Å². The number of hydrogen-bond acceptors (Lipinski definition) is 4. The second kappa shape index (κ2) is 10.9. The van der Waals surface area contributed by atoms with Crippen molar-refractivity contribution >= 4 is 12.4 Å². The molecule has 1 N–H and O–H groups in total. The van der Waals surface area contributed by atoms with E-state index in [1.54, 1.807) is 0 Å². The van der Waals surface area contributed by atoms with Crippen LogP contribution in [0.1, 0.15) is 25.1 Å². The number of imidazole rings is 1. The molecule has 29 heavy (non-hydrogen) atoms. The quantitative estimate of drug-likeness (QED) is 0.568. The summed E-state index contributed by atoms with van der Waals surface area (Å²) in [6.45, 7) is 4.58. The van der Waals surface area contributed by atoms with Gasteiger partial charge in [-0.3, -0.25) is 4.90 Å². The van der Waals surface area contributed by atoms with E-state index in [9.17, 15) is 0 Å². The Kier molecular flexibility index (Phi) is 7.96. The van der Waals surface area contributed by atoms with Gasteiger partial charge in [0.05, 0.1) is 11.9 Å². The predicted molar refractivity (Wildman–Crippen MR) is 118 cm³/mol. The van der Waals surface area contributed by atoms with Crippen LogP contribution in [-0.4, -0.2) is 41.1 Å². The fourth-order valence-electron chi connectivity index (χ4n) is 3.46. The van der Waals surface area contributed by atoms with Gasteiger partial charge in [-0.05, 0) is 67.9 Å². The van der Waals surface area contributed by atoms with E-state index >= 15 is 0 Å². The van der Waals surface area contributed by atoms with Crippen molar-refractivity contribution in [2.75, 3.05) is 26.2 Å². The van der Waals surface area contributed by atoms with Crippen LogP contribution in [-0.2, 0) is 6.61 Å². The van der Waals surface area contributed by atoms with Crippen molar-refractivity contribution in [3.8, 4) is 22.8 Å². The molecule has 6 heteroatoms. The molecule has 0 amide bonds. The van der Waals surface area contributed by atoms with E-state index in [4.69, 9.17) is 9.47 Å². The number of para-hydroxylation sites is 1. The highest BCUT2D eigenvalue weighted by Gasteiger charge is 2.09. The molecule has 0 radical (unpaired) electrons. The highest BCUT2D eigenvalue weighted by molar-refractivity contribution is 5.85. The summed E-state index contributed by atoms with van der Waals surface area (Å²) in [4.78, 5) is 10.2. The van der Waals surface area contributed by atoms with Crippen molar-refractivity contribution in [2.45, 2.75) is 25.9 Å². The summed E-state index contributed by atoms with van der Waals surface area (Å²) in [7, 11) is 0. The van der Waals surface area contributed by atoms with Crippen LogP contribution >= 0.6 is 12.4 Å². The maximum absolute atomic E-state index is 5.90. The van der Waals surface area contributed by atoms with Crippen molar-refractivity contribution in [3.63, 3.8) is 0 Å². The highest BCUT2D eigenvalue weighted by atomic mass is 35.5. The number of halogens is 1. The standard InChI is InChI=1S/C23H27N3O2.ClH/c1-3-7-20(8-4-1)28-18-23-24-17-22(25-23)19-9-11-21(12-10-19)27-16-15-26-13-5-2-6-14-26;/h1,3-4,7-12,17H,2,5-6,13-16,18H2,(H,24,25);1H. The molecule has 1 saturated heterocycles. The molecule has 2 aromatic carbocycles. The zero-order valence-electron chi connectivity index (χ0n) is 16.5. The zero-order valence-corrected chi connectivity index (χ0v) is 17.4. The zero-order chi connectivity index (χ0) is 19.0. The molecule has 1 aromatic heterocycles. The van der Waals surface area contributed by atoms with Gasteiger partial charge in [-0.25, -0.2) is 4.98 Å². The Labute approximate surface area is 178 Å². The van der Waals surface area contributed by atoms with Crippen LogP contribution in [0.3, 0.4) is 0 Å². The minimum absolute atomic E-state index is 0. The number of benzene rings is 2. The summed E-state index contributed by atoms with van der Waals surface area (Å²) in [5, 5.41) is 0. The average Bonchev–Trinajstić information content (AvgIpc) is 3.23. The largest absolute Gasteiger partial charge is 0.492 e. The first-order valence-corrected chi connectivity index (χ1v) is 10.0. The molecule has 154 valence electrons. The first-order valence-electron chi connectivity index (χ1n) is 10.0. The van der Waals surface area contributed by atoms with Gasteiger partial charge in [0, 0.05) is 6.54 Å². The number of likely N-dealkylation sites (tertiary alicyclic amines) is 1. The van der Waals surface area contributed by atoms with Crippen molar-refractivity contribution in [1.29, 1.82) is 0 Å². The van der Waals surface area contributed by atoms with Crippen molar-refractivity contribution < 1.29 is 9.47 Å². The number of nitrogens with one attached hydrogen (secondary N) is 1. The first-order chi connectivity index (χ1) is 13.9. The summed E-state index contributed by atoms with van der Waals surface area (Å²) < 4.78 is 11.6. The minimum Gasteiger partial charge on any atom is -0.492 e. The molecule has 3 aromatic rings. The Morgan fingerprint density at radius 1 is 0.862 bits per heavy atom. The van der Waals surface area contributed by atoms with E-state index < -0.39 is 0 Å². The van der Waals surface area contributed by atoms with Crippen molar-refractivity contribution in [3.05, 3.63) is 66.6 Å². The van der Waals surface area contributed by atoms with Gasteiger partial charge >= 0.3 is 0 Å². The molecule has 0 atom stereocenters. The molecule has 1 fully saturated rings. The van der Waals surface area contributed by atoms with Gasteiger partial charge in [0.25, 0.3) is 0 Å². The van der Waals surface area contributed by atoms with Crippen LogP contribution in [0.15, 0.2) is 60.8 Å². The first kappa shape index (κ1) is 21.2. The van der Waals surface area contributed by atoms with E-state index in [1.807, 2.05) is 48.7 Å². The molecule has 1 aliphatic rings. The van der Waals surface area contributed by atoms with E-state index in [2.05, 4.69) is 27.0 Å². The Hall–Kier alpha value is -2.50. The fourth-order valence-corrected chi connectivity index (χ4v) is 3.46. The number of hydrogen-bond donors (Lipinski definition) is 1. The van der Waals surface area contributed by atoms with Crippen LogP contribution in [0, 0.1) is 0 Å². The van der Waals surface area contributed by atoms with Gasteiger partial charge in [0.1, 0.15) is 30.5 Å². The van der Waals surface area contributed by atoms with Gasteiger partial charge in [-0.2, -0.15) is 0 Å². The molecular weight excluding hydrogens is 386 g/mol. The molecule has 1 aliphatic heterocycles. The van der Waals surface area contributed by atoms with E-state index in [0.717, 1.165) is 41.7 Å². The smallest absolute Gasteiger partial charge is 0.146 e. The van der Waals surface area contributed by atoms with E-state index in [-0.39, 0.29) is 12.4 Å². The van der Waals surface area contributed by atoms with Gasteiger partial charge < -0.3 is 14.5 Å². The molecule has 0 aliphatic carbocycles. The Balaban J connectivity index is 0.00000240. The monoisotopic (exact) mass is 413 g/mol. The normalized spacial score (nSPS) is 14.2. The SMILES string of the molecule is Cl.c1ccc(OCc2ncc(-c3ccc(OCCN4CCCCC4)cc3)[nH]2)cc1. The highest BCUT2D eigenvalue weighted by Crippen LogP contribution is 2.21. The number of nitrogens with zero attached hydrogens (tertiary/aromatic N) is 2. The maximum atomic E-state index is 5.90. The summed E-state index contributed by atoms with van der Waals surface area (Å²) >= 11 is 0. The molecule has 5 nitrogen and oxygen atoms in total. The van der Waals surface area contributed by atoms with Crippen LogP contribution < -0.4 is 9.47 Å². The summed E-state index contributed by atoms with van der Waals surface area (Å²) in [5.74, 6) is 2.56. The van der Waals surface area contributed by atoms with Gasteiger partial charge in [0.2, 0.25) is 0 Å². The Morgan fingerprint density at radius 2 is 1.59 bits per heavy atom. The van der Waals surface area contributed by atoms with Gasteiger partial charge in [-0.1, -0.05) is 24.6 Å². The third-order valence-electron chi connectivity index (χ3n) is 5.04. The predicted octanol–water partition coefficient (Wildman–Crippen LogP) is 4.94. The molecule has 0 saturated carbocycles. The topological polar surface area (TPSA) is 50.4 Å². The average molecular weight is 414 g/mol. The Bertz CT molecular complexity index is 846. The number of piperidine rings is 1. The lowest BCUT2D eigenvalue weighted by molar-refractivity contribution is 0.183. The number of ether oxygens (including phenoxy) is 2. The second-order valence-corrected chi connectivity index (χ2v) is 7.12. The number of aromatic nitrogens is 2. The van der Waals surface area contributed by atoms with Crippen LogP contribution in [0.2, 0.25) is 0 Å². The third-order valence-corrected chi connectivity index (χ3v) is 5.04. The lowest BCUT2D eigenvalue weighted by atomic mass is 10.1. The Morgan fingerprint density at radius 3 is 2.34 bits per heavy atom. The number of aromatic amines is 1. The maximum Gasteiger partial charge on any atom is 0.146 e. The van der Waals surface area contributed by atoms with Gasteiger partial charge in [-0.15, -0.1) is 12.4 Å². The fraction of sp³-hybridized carbons (Fsp3) is 0.348. The van der Waals surface area contributed by atoms with Crippen LogP contribution in [0.25, 0.3) is 11.3 Å². The number of H-pyrrole nitrogens is 1. The van der Waals surface area contributed by atoms with Gasteiger partial charge in [0.15, 0.2) is 0 Å². The summed E-state index contributed by atoms with van der Waals surface area (Å²) in [5.41, 5.74) is 2.06. The van der Waals surface area contributed by atoms with E-state index in [1.165, 1.54) is 32.4 Å². The lowest BCUT2D eigenvalue weighted by Crippen LogP contribution is -2.33. The number of rotatable bonds is 8. The molecule has 0 unspecified atom stereocenters. The van der Waals surface area contributed by atoms with Crippen LogP contribution in [0.4, 0.5) is 0 Å². The minimum atomic E-state index is 0. The molecule has 0 bridgehead atoms. The lowest BCUT2D eigenvalue weighted by Gasteiger charge is -2.26. The molecular formula is C23H28ClN3O2. The molecule has 4 rings (SSSR count). The summed E-state index contributed by atoms with van der Waals surface area (Å²) in [6.07, 6.45) is 5.84. The van der Waals surface area contributed by atoms with Crippen LogP contribution in [0.5, 0.6) is 11.5 Å². The molecule has 2 heterocycles. The second-order valence-electron chi connectivity index (χ2n) is 7.12. The van der Waals surface area contributed by atoms with E-state index in [0.29, 0.717) is 6.61 Å². The van der Waals surface area contributed by atoms with Crippen molar-refractivity contribution in [2.24, 2.45) is 0 Å². The molecule has 0 spiro atoms. The summed E-state index contributed by atoms with van der Waals surface area (Å²) in [6, 6.07) is 17.9. The third kappa shape index (κ3) is 6.24.